The van der Waals surface area contributed by atoms with Crippen molar-refractivity contribution < 1.29 is 18.7 Å². The third-order valence-electron chi connectivity index (χ3n) is 4.47. The number of halogens is 1. The molecule has 0 saturated heterocycles. The minimum Gasteiger partial charge on any atom is -0.491 e. The Morgan fingerprint density at radius 2 is 1.67 bits per heavy atom. The summed E-state index contributed by atoms with van der Waals surface area (Å²) in [5, 5.41) is 5.58. The maximum absolute atomic E-state index is 12.9. The van der Waals surface area contributed by atoms with Gasteiger partial charge in [0.05, 0.1) is 6.10 Å². The van der Waals surface area contributed by atoms with Crippen molar-refractivity contribution in [2.24, 2.45) is 5.41 Å². The van der Waals surface area contributed by atoms with Gasteiger partial charge in [0.15, 0.2) is 0 Å². The van der Waals surface area contributed by atoms with Crippen LogP contribution in [0.15, 0.2) is 48.5 Å². The molecule has 6 heteroatoms. The molecule has 0 atom stereocenters. The Morgan fingerprint density at radius 1 is 1.04 bits per heavy atom. The molecule has 0 heterocycles. The second kappa shape index (κ2) is 7.78. The molecule has 1 aliphatic rings. The Kier molecular flexibility index (Phi) is 5.44. The molecule has 3 rings (SSSR count). The summed E-state index contributed by atoms with van der Waals surface area (Å²) >= 11 is 0. The van der Waals surface area contributed by atoms with E-state index in [0.29, 0.717) is 18.5 Å². The fourth-order valence-electron chi connectivity index (χ4n) is 2.78. The molecule has 0 radical (unpaired) electrons. The average Bonchev–Trinajstić information content (AvgIpc) is 3.44. The summed E-state index contributed by atoms with van der Waals surface area (Å²) in [6, 6.07) is 13.0. The van der Waals surface area contributed by atoms with Gasteiger partial charge < -0.3 is 15.4 Å². The van der Waals surface area contributed by atoms with E-state index in [9.17, 15) is 14.0 Å². The molecule has 0 aromatic heterocycles. The van der Waals surface area contributed by atoms with Crippen LogP contribution in [0.4, 0.5) is 10.1 Å². The van der Waals surface area contributed by atoms with E-state index in [2.05, 4.69) is 10.6 Å². The fraction of sp³-hybridized carbons (Fsp3) is 0.333. The summed E-state index contributed by atoms with van der Waals surface area (Å²) < 4.78 is 18.5. The first kappa shape index (κ1) is 18.9. The number of hydrogen-bond donors (Lipinski definition) is 2. The highest BCUT2D eigenvalue weighted by atomic mass is 19.1. The monoisotopic (exact) mass is 370 g/mol. The van der Waals surface area contributed by atoms with Crippen LogP contribution in [0.3, 0.4) is 0 Å². The molecular weight excluding hydrogens is 347 g/mol. The molecule has 1 saturated carbocycles. The van der Waals surface area contributed by atoms with Crippen molar-refractivity contribution in [3.05, 3.63) is 59.9 Å². The molecule has 1 aliphatic carbocycles. The summed E-state index contributed by atoms with van der Waals surface area (Å²) in [4.78, 5) is 25.1. The van der Waals surface area contributed by atoms with Crippen LogP contribution in [-0.2, 0) is 16.1 Å². The van der Waals surface area contributed by atoms with Crippen molar-refractivity contribution >= 4 is 17.5 Å². The van der Waals surface area contributed by atoms with Crippen LogP contribution in [0.2, 0.25) is 0 Å². The first-order valence-corrected chi connectivity index (χ1v) is 9.00. The van der Waals surface area contributed by atoms with E-state index in [1.165, 1.54) is 12.1 Å². The Bertz CT molecular complexity index is 812. The van der Waals surface area contributed by atoms with Crippen LogP contribution in [0.25, 0.3) is 0 Å². The topological polar surface area (TPSA) is 67.4 Å². The third-order valence-corrected chi connectivity index (χ3v) is 4.47. The summed E-state index contributed by atoms with van der Waals surface area (Å²) in [5.41, 5.74) is 0.378. The highest BCUT2D eigenvalue weighted by Gasteiger charge is 2.56. The van der Waals surface area contributed by atoms with Gasteiger partial charge >= 0.3 is 0 Å². The summed E-state index contributed by atoms with van der Waals surface area (Å²) in [7, 11) is 0. The van der Waals surface area contributed by atoms with Gasteiger partial charge in [0.1, 0.15) is 17.0 Å². The Hall–Kier alpha value is -2.89. The number of rotatable bonds is 7. The first-order valence-electron chi connectivity index (χ1n) is 9.00. The number of anilines is 1. The number of hydrogen-bond acceptors (Lipinski definition) is 3. The summed E-state index contributed by atoms with van der Waals surface area (Å²) in [6.45, 7) is 4.14. The Balaban J connectivity index is 1.56. The van der Waals surface area contributed by atoms with Gasteiger partial charge in [0, 0.05) is 12.2 Å². The van der Waals surface area contributed by atoms with Crippen LogP contribution in [0, 0.1) is 11.2 Å². The van der Waals surface area contributed by atoms with Gasteiger partial charge in [-0.05, 0) is 68.7 Å². The quantitative estimate of drug-likeness (QED) is 0.731. The Labute approximate surface area is 157 Å². The van der Waals surface area contributed by atoms with E-state index in [1.807, 2.05) is 13.8 Å². The molecule has 1 fully saturated rings. The standard InChI is InChI=1S/C21H23FN2O3/c1-14(2)27-18-9-7-17(8-10-18)24-20(26)21(11-12-21)19(25)23-13-15-3-5-16(22)6-4-15/h3-10,14H,11-13H2,1-2H3,(H,23,25)(H,24,26). The molecule has 5 nitrogen and oxygen atoms in total. The second-order valence-corrected chi connectivity index (χ2v) is 7.04. The zero-order chi connectivity index (χ0) is 19.4. The maximum Gasteiger partial charge on any atom is 0.240 e. The van der Waals surface area contributed by atoms with Gasteiger partial charge in [-0.1, -0.05) is 12.1 Å². The third kappa shape index (κ3) is 4.64. The number of amides is 2. The molecule has 0 bridgehead atoms. The van der Waals surface area contributed by atoms with Crippen LogP contribution < -0.4 is 15.4 Å². The van der Waals surface area contributed by atoms with Crippen molar-refractivity contribution in [2.75, 3.05) is 5.32 Å². The van der Waals surface area contributed by atoms with E-state index < -0.39 is 5.41 Å². The van der Waals surface area contributed by atoms with Crippen LogP contribution in [0.1, 0.15) is 32.3 Å². The number of benzene rings is 2. The molecule has 2 aromatic rings. The molecule has 142 valence electrons. The minimum absolute atomic E-state index is 0.0741. The van der Waals surface area contributed by atoms with Crippen molar-refractivity contribution in [2.45, 2.75) is 39.3 Å². The lowest BCUT2D eigenvalue weighted by atomic mass is 10.0. The molecule has 2 aromatic carbocycles. The van der Waals surface area contributed by atoms with Crippen molar-refractivity contribution in [1.82, 2.24) is 5.32 Å². The van der Waals surface area contributed by atoms with Gasteiger partial charge in [0.2, 0.25) is 11.8 Å². The SMILES string of the molecule is CC(C)Oc1ccc(NC(=O)C2(C(=O)NCc3ccc(F)cc3)CC2)cc1. The van der Waals surface area contributed by atoms with Crippen molar-refractivity contribution in [1.29, 1.82) is 0 Å². The van der Waals surface area contributed by atoms with Gasteiger partial charge in [-0.15, -0.1) is 0 Å². The normalized spacial score (nSPS) is 14.5. The van der Waals surface area contributed by atoms with E-state index in [-0.39, 0.29) is 30.3 Å². The predicted molar refractivity (Wildman–Crippen MR) is 101 cm³/mol. The highest BCUT2D eigenvalue weighted by molar-refractivity contribution is 6.13. The molecule has 0 spiro atoms. The minimum atomic E-state index is -1.02. The molecular formula is C21H23FN2O3. The average molecular weight is 370 g/mol. The first-order chi connectivity index (χ1) is 12.9. The van der Waals surface area contributed by atoms with E-state index in [1.54, 1.807) is 36.4 Å². The Morgan fingerprint density at radius 3 is 2.22 bits per heavy atom. The largest absolute Gasteiger partial charge is 0.491 e. The molecule has 0 unspecified atom stereocenters. The van der Waals surface area contributed by atoms with E-state index >= 15 is 0 Å². The lowest BCUT2D eigenvalue weighted by Crippen LogP contribution is -2.39. The number of nitrogens with one attached hydrogen (secondary N) is 2. The maximum atomic E-state index is 12.9. The van der Waals surface area contributed by atoms with Crippen molar-refractivity contribution in [3.63, 3.8) is 0 Å². The number of carbonyl (C=O) groups is 2. The highest BCUT2D eigenvalue weighted by Crippen LogP contribution is 2.47. The number of carbonyl (C=O) groups excluding carboxylic acids is 2. The zero-order valence-corrected chi connectivity index (χ0v) is 15.4. The van der Waals surface area contributed by atoms with Crippen LogP contribution in [-0.4, -0.2) is 17.9 Å². The van der Waals surface area contributed by atoms with E-state index in [4.69, 9.17) is 4.74 Å². The molecule has 27 heavy (non-hydrogen) atoms. The van der Waals surface area contributed by atoms with Gasteiger partial charge in [-0.2, -0.15) is 0 Å². The van der Waals surface area contributed by atoms with Gasteiger partial charge in [0.25, 0.3) is 0 Å². The second-order valence-electron chi connectivity index (χ2n) is 7.04. The lowest BCUT2D eigenvalue weighted by Gasteiger charge is -2.16. The van der Waals surface area contributed by atoms with Gasteiger partial charge in [-0.3, -0.25) is 9.59 Å². The lowest BCUT2D eigenvalue weighted by molar-refractivity contribution is -0.134. The van der Waals surface area contributed by atoms with Crippen LogP contribution in [0.5, 0.6) is 5.75 Å². The molecule has 2 N–H and O–H groups in total. The molecule has 2 amide bonds. The van der Waals surface area contributed by atoms with E-state index in [0.717, 1.165) is 11.3 Å². The zero-order valence-electron chi connectivity index (χ0n) is 15.4. The van der Waals surface area contributed by atoms with Gasteiger partial charge in [-0.25, -0.2) is 4.39 Å². The molecule has 0 aliphatic heterocycles. The number of ether oxygens (including phenoxy) is 1. The van der Waals surface area contributed by atoms with Crippen molar-refractivity contribution in [3.8, 4) is 5.75 Å². The summed E-state index contributed by atoms with van der Waals surface area (Å²) in [5.74, 6) is -0.213. The fourth-order valence-corrected chi connectivity index (χ4v) is 2.78. The predicted octanol–water partition coefficient (Wildman–Crippen LogP) is 3.65. The smallest absolute Gasteiger partial charge is 0.240 e. The van der Waals surface area contributed by atoms with Crippen LogP contribution >= 0.6 is 0 Å². The summed E-state index contributed by atoms with van der Waals surface area (Å²) in [6.07, 6.45) is 1.11.